The molecular weight excluding hydrogens is 444 g/mol. The van der Waals surface area contributed by atoms with Crippen LogP contribution in [0.1, 0.15) is 132 Å². The Morgan fingerprint density at radius 3 is 2.51 bits per heavy atom. The van der Waals surface area contributed by atoms with Gasteiger partial charge in [-0.1, -0.05) is 97.6 Å². The third-order valence-corrected chi connectivity index (χ3v) is 12.9. The van der Waals surface area contributed by atoms with E-state index in [1.54, 1.807) is 17.3 Å². The summed E-state index contributed by atoms with van der Waals surface area (Å²) in [5.74, 6) is 5.96. The zero-order valence-electron chi connectivity index (χ0n) is 24.2. The van der Waals surface area contributed by atoms with Gasteiger partial charge < -0.3 is 0 Å². The van der Waals surface area contributed by atoms with Crippen LogP contribution in [0.15, 0.2) is 11.6 Å². The molecule has 0 N–H and O–H groups in total. The maximum absolute atomic E-state index is 12.6. The Bertz CT molecular complexity index is 769. The molecule has 3 saturated carbocycles. The largest absolute Gasteiger partial charge is 0.287 e. The number of rotatable bonds is 9. The van der Waals surface area contributed by atoms with E-state index >= 15 is 0 Å². The highest BCUT2D eigenvalue weighted by atomic mass is 32.2. The summed E-state index contributed by atoms with van der Waals surface area (Å²) >= 11 is 1.69. The van der Waals surface area contributed by atoms with Crippen molar-refractivity contribution in [1.29, 1.82) is 0 Å². The van der Waals surface area contributed by atoms with E-state index in [0.29, 0.717) is 27.1 Å². The van der Waals surface area contributed by atoms with E-state index in [0.717, 1.165) is 48.3 Å². The molecule has 0 unspecified atom stereocenters. The molecule has 0 spiro atoms. The smallest absolute Gasteiger partial charge is 0.189 e. The lowest BCUT2D eigenvalue weighted by Gasteiger charge is -2.58. The Morgan fingerprint density at radius 1 is 1.03 bits per heavy atom. The quantitative estimate of drug-likeness (QED) is 0.293. The molecule has 0 aromatic rings. The highest BCUT2D eigenvalue weighted by molar-refractivity contribution is 8.14. The number of carbonyl (C=O) groups excluding carboxylic acids is 1. The first-order valence-corrected chi connectivity index (χ1v) is 16.3. The molecule has 0 amide bonds. The van der Waals surface area contributed by atoms with Gasteiger partial charge in [-0.15, -0.1) is 0 Å². The number of allylic oxidation sites excluding steroid dienone is 2. The van der Waals surface area contributed by atoms with Crippen molar-refractivity contribution in [2.45, 2.75) is 137 Å². The normalized spacial score (nSPS) is 40.5. The van der Waals surface area contributed by atoms with Crippen LogP contribution in [0.25, 0.3) is 0 Å². The summed E-state index contributed by atoms with van der Waals surface area (Å²) in [4.78, 5) is 12.6. The minimum absolute atomic E-state index is 0.405. The summed E-state index contributed by atoms with van der Waals surface area (Å²) in [6, 6.07) is 0. The van der Waals surface area contributed by atoms with E-state index in [1.165, 1.54) is 70.6 Å². The number of hydrogen-bond donors (Lipinski definition) is 0. The van der Waals surface area contributed by atoms with E-state index in [1.807, 2.05) is 0 Å². The van der Waals surface area contributed by atoms with Crippen LogP contribution < -0.4 is 0 Å². The SMILES string of the molecule is CC[C@H](C)CC(=O)S[C@@H]1CC[C@@]2(C)C(=CC[C@H]3[C@@H]4CC[C@H]([C@@H](C)CCCC(C)C)[C@@]4(C)CC[C@@H]32)C1. The van der Waals surface area contributed by atoms with E-state index < -0.39 is 0 Å². The van der Waals surface area contributed by atoms with E-state index in [-0.39, 0.29) is 0 Å². The molecular formula is C33H56OS. The average Bonchev–Trinajstić information content (AvgIpc) is 3.16. The molecule has 0 radical (unpaired) electrons. The van der Waals surface area contributed by atoms with Gasteiger partial charge in [0.25, 0.3) is 0 Å². The lowest BCUT2D eigenvalue weighted by Crippen LogP contribution is -2.50. The first kappa shape index (κ1) is 27.8. The van der Waals surface area contributed by atoms with Crippen LogP contribution in [0.3, 0.4) is 0 Å². The molecule has 0 aromatic carbocycles. The minimum Gasteiger partial charge on any atom is -0.287 e. The van der Waals surface area contributed by atoms with Gasteiger partial charge in [-0.25, -0.2) is 0 Å². The molecule has 1 nitrogen and oxygen atoms in total. The van der Waals surface area contributed by atoms with Gasteiger partial charge in [0.15, 0.2) is 5.12 Å². The monoisotopic (exact) mass is 500 g/mol. The van der Waals surface area contributed by atoms with Crippen LogP contribution in [0, 0.1) is 52.3 Å². The van der Waals surface area contributed by atoms with Gasteiger partial charge in [-0.05, 0) is 104 Å². The number of thioether (sulfide) groups is 1. The summed E-state index contributed by atoms with van der Waals surface area (Å²) in [6.45, 7) is 17.1. The maximum Gasteiger partial charge on any atom is 0.189 e. The number of fused-ring (bicyclic) bond motifs is 5. The van der Waals surface area contributed by atoms with Gasteiger partial charge in [0.2, 0.25) is 0 Å². The Hall–Kier alpha value is -0.240. The highest BCUT2D eigenvalue weighted by Gasteiger charge is 2.59. The van der Waals surface area contributed by atoms with Crippen LogP contribution in [-0.2, 0) is 4.79 Å². The van der Waals surface area contributed by atoms with Gasteiger partial charge in [0, 0.05) is 11.7 Å². The fourth-order valence-corrected chi connectivity index (χ4v) is 10.7. The second-order valence-electron chi connectivity index (χ2n) is 14.4. The zero-order chi connectivity index (χ0) is 25.4. The first-order valence-electron chi connectivity index (χ1n) is 15.5. The van der Waals surface area contributed by atoms with Crippen molar-refractivity contribution < 1.29 is 4.79 Å². The van der Waals surface area contributed by atoms with Crippen molar-refractivity contribution in [3.8, 4) is 0 Å². The van der Waals surface area contributed by atoms with Crippen molar-refractivity contribution in [1.82, 2.24) is 0 Å². The molecule has 2 heteroatoms. The standard InChI is InChI=1S/C33H56OS/c1-8-23(4)20-31(34)35-26-16-18-32(6)25(21-26)12-13-27-29-15-14-28(24(5)11-9-10-22(2)3)33(29,7)19-17-30(27)32/h12,22-24,26-30H,8-11,13-21H2,1-7H3/t23-,24-,26+,27-,28+,29-,30-,32-,33+/m0/s1. The van der Waals surface area contributed by atoms with Crippen LogP contribution in [0.4, 0.5) is 0 Å². The summed E-state index contributed by atoms with van der Waals surface area (Å²) in [7, 11) is 0. The maximum atomic E-state index is 12.6. The van der Waals surface area contributed by atoms with Gasteiger partial charge >= 0.3 is 0 Å². The molecule has 0 heterocycles. The lowest BCUT2D eigenvalue weighted by atomic mass is 9.47. The van der Waals surface area contributed by atoms with Crippen molar-refractivity contribution in [3.63, 3.8) is 0 Å². The fraction of sp³-hybridized carbons (Fsp3) is 0.909. The van der Waals surface area contributed by atoms with Crippen molar-refractivity contribution in [2.24, 2.45) is 52.3 Å². The zero-order valence-corrected chi connectivity index (χ0v) is 25.0. The average molecular weight is 501 g/mol. The Kier molecular flexibility index (Phi) is 8.93. The van der Waals surface area contributed by atoms with Crippen molar-refractivity contribution in [3.05, 3.63) is 11.6 Å². The van der Waals surface area contributed by atoms with Crippen molar-refractivity contribution >= 4 is 16.9 Å². The number of hydrogen-bond acceptors (Lipinski definition) is 2. The molecule has 4 aliphatic carbocycles. The predicted molar refractivity (Wildman–Crippen MR) is 154 cm³/mol. The van der Waals surface area contributed by atoms with Gasteiger partial charge in [-0.3, -0.25) is 4.79 Å². The second kappa shape index (κ2) is 11.2. The summed E-state index contributed by atoms with van der Waals surface area (Å²) in [5, 5.41) is 0.967. The summed E-state index contributed by atoms with van der Waals surface area (Å²) in [6.07, 6.45) is 19.8. The Labute approximate surface area is 222 Å². The molecule has 9 atom stereocenters. The third-order valence-electron chi connectivity index (χ3n) is 11.8. The molecule has 4 rings (SSSR count). The minimum atomic E-state index is 0.405. The van der Waals surface area contributed by atoms with Crippen LogP contribution in [0.5, 0.6) is 0 Å². The first-order chi connectivity index (χ1) is 16.6. The molecule has 3 fully saturated rings. The second-order valence-corrected chi connectivity index (χ2v) is 15.7. The molecule has 0 aliphatic heterocycles. The lowest BCUT2D eigenvalue weighted by molar-refractivity contribution is -0.111. The fourth-order valence-electron chi connectivity index (χ4n) is 9.42. The van der Waals surface area contributed by atoms with Crippen LogP contribution in [-0.4, -0.2) is 10.4 Å². The summed E-state index contributed by atoms with van der Waals surface area (Å²) in [5.41, 5.74) is 2.72. The van der Waals surface area contributed by atoms with Crippen LogP contribution >= 0.6 is 11.8 Å². The predicted octanol–water partition coefficient (Wildman–Crippen LogP) is 10.1. The Morgan fingerprint density at radius 2 is 1.80 bits per heavy atom. The summed E-state index contributed by atoms with van der Waals surface area (Å²) < 4.78 is 0. The molecule has 0 bridgehead atoms. The topological polar surface area (TPSA) is 17.1 Å². The molecule has 200 valence electrons. The molecule has 35 heavy (non-hydrogen) atoms. The molecule has 0 aromatic heterocycles. The Balaban J connectivity index is 1.41. The van der Waals surface area contributed by atoms with Crippen LogP contribution in [0.2, 0.25) is 0 Å². The molecule has 0 saturated heterocycles. The third kappa shape index (κ3) is 5.63. The molecule has 4 aliphatic rings. The van der Waals surface area contributed by atoms with E-state index in [9.17, 15) is 4.79 Å². The van der Waals surface area contributed by atoms with E-state index in [2.05, 4.69) is 54.5 Å². The van der Waals surface area contributed by atoms with Gasteiger partial charge in [-0.2, -0.15) is 0 Å². The van der Waals surface area contributed by atoms with Gasteiger partial charge in [0.05, 0.1) is 0 Å². The highest BCUT2D eigenvalue weighted by Crippen LogP contribution is 2.67. The van der Waals surface area contributed by atoms with Gasteiger partial charge in [0.1, 0.15) is 0 Å². The van der Waals surface area contributed by atoms with E-state index in [4.69, 9.17) is 0 Å². The number of carbonyl (C=O) groups is 1. The van der Waals surface area contributed by atoms with Crippen molar-refractivity contribution in [2.75, 3.05) is 0 Å².